The van der Waals surface area contributed by atoms with Crippen LogP contribution in [0.3, 0.4) is 0 Å². The molecule has 9 nitrogen and oxygen atoms in total. The minimum atomic E-state index is -0.708. The molecule has 1 aromatic carbocycles. The van der Waals surface area contributed by atoms with Crippen LogP contribution in [-0.4, -0.2) is 59.4 Å². The van der Waals surface area contributed by atoms with E-state index in [1.807, 2.05) is 29.2 Å². The fourth-order valence-electron chi connectivity index (χ4n) is 3.34. The maximum absolute atomic E-state index is 11.8. The molecular formula is C20H21N5O4. The van der Waals surface area contributed by atoms with Crippen LogP contribution in [0.5, 0.6) is 5.75 Å². The highest BCUT2D eigenvalue weighted by molar-refractivity contribution is 5.95. The molecule has 1 fully saturated rings. The van der Waals surface area contributed by atoms with Crippen LogP contribution in [0.25, 0.3) is 22.3 Å². The maximum atomic E-state index is 11.8. The van der Waals surface area contributed by atoms with Crippen molar-refractivity contribution in [3.05, 3.63) is 41.7 Å². The second kappa shape index (κ2) is 7.98. The summed E-state index contributed by atoms with van der Waals surface area (Å²) in [4.78, 5) is 27.1. The number of hydrogen-bond donors (Lipinski definition) is 2. The quantitative estimate of drug-likeness (QED) is 0.659. The number of ether oxygens (including phenoxy) is 2. The molecule has 0 bridgehead atoms. The molecule has 150 valence electrons. The van der Waals surface area contributed by atoms with E-state index in [1.54, 1.807) is 13.2 Å². The van der Waals surface area contributed by atoms with Gasteiger partial charge in [0.1, 0.15) is 11.6 Å². The van der Waals surface area contributed by atoms with Gasteiger partial charge in [0.25, 0.3) is 5.91 Å². The van der Waals surface area contributed by atoms with Crippen LogP contribution in [0.4, 0.5) is 5.82 Å². The lowest BCUT2D eigenvalue weighted by Gasteiger charge is -2.28. The van der Waals surface area contributed by atoms with Gasteiger partial charge >= 0.3 is 0 Å². The number of carbonyl (C=O) groups excluding carboxylic acids is 1. The summed E-state index contributed by atoms with van der Waals surface area (Å²) in [6, 6.07) is 9.19. The first-order chi connectivity index (χ1) is 14.1. The number of pyridine rings is 1. The monoisotopic (exact) mass is 395 g/mol. The summed E-state index contributed by atoms with van der Waals surface area (Å²) in [7, 11) is 1.55. The number of hydrogen-bond acceptors (Lipinski definition) is 8. The molecule has 3 heterocycles. The molecule has 0 saturated carbocycles. The second-order valence-electron chi connectivity index (χ2n) is 6.59. The van der Waals surface area contributed by atoms with Gasteiger partial charge in [0, 0.05) is 24.2 Å². The third kappa shape index (κ3) is 3.69. The number of morpholine rings is 1. The molecule has 1 amide bonds. The summed E-state index contributed by atoms with van der Waals surface area (Å²) in [5.41, 5.74) is 7.93. The summed E-state index contributed by atoms with van der Waals surface area (Å²) >= 11 is 0. The smallest absolute Gasteiger partial charge is 0.286 e. The molecule has 0 spiro atoms. The van der Waals surface area contributed by atoms with Crippen molar-refractivity contribution in [3.8, 4) is 17.0 Å². The van der Waals surface area contributed by atoms with Crippen molar-refractivity contribution in [2.45, 2.75) is 6.61 Å². The van der Waals surface area contributed by atoms with Gasteiger partial charge < -0.3 is 25.2 Å². The zero-order valence-corrected chi connectivity index (χ0v) is 16.0. The number of nitrogens with zero attached hydrogens (tertiary/aromatic N) is 4. The number of fused-ring (bicyclic) bond motifs is 1. The average molecular weight is 395 g/mol. The topological polar surface area (TPSA) is 124 Å². The van der Waals surface area contributed by atoms with E-state index in [1.165, 1.54) is 0 Å². The highest BCUT2D eigenvalue weighted by Gasteiger charge is 2.20. The molecule has 9 heteroatoms. The molecule has 4 rings (SSSR count). The number of aliphatic hydroxyl groups is 1. The van der Waals surface area contributed by atoms with Crippen molar-refractivity contribution in [1.29, 1.82) is 0 Å². The van der Waals surface area contributed by atoms with Crippen LogP contribution < -0.4 is 15.4 Å². The fourth-order valence-corrected chi connectivity index (χ4v) is 3.34. The molecule has 3 aromatic rings. The lowest BCUT2D eigenvalue weighted by molar-refractivity contribution is 0.0990. The van der Waals surface area contributed by atoms with Crippen LogP contribution in [-0.2, 0) is 11.3 Å². The number of carbonyl (C=O) groups is 1. The van der Waals surface area contributed by atoms with Gasteiger partial charge in [-0.05, 0) is 30.3 Å². The first kappa shape index (κ1) is 19.0. The number of primary amides is 1. The Kier molecular flexibility index (Phi) is 5.24. The average Bonchev–Trinajstić information content (AvgIpc) is 2.77. The van der Waals surface area contributed by atoms with E-state index in [0.717, 1.165) is 10.9 Å². The Morgan fingerprint density at radius 3 is 2.69 bits per heavy atom. The molecular weight excluding hydrogens is 374 g/mol. The van der Waals surface area contributed by atoms with Crippen molar-refractivity contribution in [2.24, 2.45) is 5.73 Å². The van der Waals surface area contributed by atoms with E-state index in [0.29, 0.717) is 54.8 Å². The minimum absolute atomic E-state index is 0.0746. The Hall–Kier alpha value is -3.30. The summed E-state index contributed by atoms with van der Waals surface area (Å²) in [6.07, 6.45) is 0. The highest BCUT2D eigenvalue weighted by Crippen LogP contribution is 2.29. The number of aliphatic hydroxyl groups excluding tert-OH is 1. The Labute approximate surface area is 167 Å². The van der Waals surface area contributed by atoms with Gasteiger partial charge in [-0.1, -0.05) is 0 Å². The SMILES string of the molecule is COc1ccc(-c2ccc3c(N4CCOCC4)nc(C(N)=O)nc3n2)cc1CO. The molecule has 29 heavy (non-hydrogen) atoms. The predicted octanol–water partition coefficient (Wildman–Crippen LogP) is 1.13. The molecule has 0 atom stereocenters. The third-order valence-electron chi connectivity index (χ3n) is 4.82. The lowest BCUT2D eigenvalue weighted by Crippen LogP contribution is -2.37. The Balaban J connectivity index is 1.84. The molecule has 0 unspecified atom stereocenters. The van der Waals surface area contributed by atoms with Gasteiger partial charge in [0.15, 0.2) is 5.65 Å². The molecule has 0 aliphatic carbocycles. The Morgan fingerprint density at radius 2 is 2.00 bits per heavy atom. The third-order valence-corrected chi connectivity index (χ3v) is 4.82. The number of nitrogens with two attached hydrogens (primary N) is 1. The maximum Gasteiger partial charge on any atom is 0.286 e. The van der Waals surface area contributed by atoms with Gasteiger partial charge in [-0.15, -0.1) is 0 Å². The van der Waals surface area contributed by atoms with Crippen LogP contribution in [0.15, 0.2) is 30.3 Å². The number of methoxy groups -OCH3 is 1. The number of amides is 1. The van der Waals surface area contributed by atoms with Crippen molar-refractivity contribution >= 4 is 22.8 Å². The Morgan fingerprint density at radius 1 is 1.21 bits per heavy atom. The second-order valence-corrected chi connectivity index (χ2v) is 6.59. The van der Waals surface area contributed by atoms with Crippen molar-refractivity contribution in [1.82, 2.24) is 15.0 Å². The molecule has 3 N–H and O–H groups in total. The van der Waals surface area contributed by atoms with Crippen molar-refractivity contribution < 1.29 is 19.4 Å². The van der Waals surface area contributed by atoms with Crippen molar-refractivity contribution in [3.63, 3.8) is 0 Å². The highest BCUT2D eigenvalue weighted by atomic mass is 16.5. The van der Waals surface area contributed by atoms with E-state index >= 15 is 0 Å². The first-order valence-electron chi connectivity index (χ1n) is 9.20. The fraction of sp³-hybridized carbons (Fsp3) is 0.300. The summed E-state index contributed by atoms with van der Waals surface area (Å²) in [6.45, 7) is 2.33. The normalized spacial score (nSPS) is 14.2. The number of aromatic nitrogens is 3. The minimum Gasteiger partial charge on any atom is -0.496 e. The molecule has 1 saturated heterocycles. The van der Waals surface area contributed by atoms with E-state index in [2.05, 4.69) is 15.0 Å². The van der Waals surface area contributed by atoms with E-state index < -0.39 is 5.91 Å². The van der Waals surface area contributed by atoms with E-state index in [9.17, 15) is 9.90 Å². The van der Waals surface area contributed by atoms with E-state index in [4.69, 9.17) is 15.2 Å². The van der Waals surface area contributed by atoms with Crippen LogP contribution in [0.2, 0.25) is 0 Å². The van der Waals surface area contributed by atoms with E-state index in [-0.39, 0.29) is 12.4 Å². The molecule has 1 aliphatic rings. The van der Waals surface area contributed by atoms with Gasteiger partial charge in [-0.2, -0.15) is 0 Å². The summed E-state index contributed by atoms with van der Waals surface area (Å²) in [5.74, 6) is 0.442. The zero-order chi connectivity index (χ0) is 20.4. The molecule has 2 aromatic heterocycles. The van der Waals surface area contributed by atoms with Crippen LogP contribution in [0.1, 0.15) is 16.2 Å². The zero-order valence-electron chi connectivity index (χ0n) is 16.0. The van der Waals surface area contributed by atoms with Crippen LogP contribution >= 0.6 is 0 Å². The van der Waals surface area contributed by atoms with Gasteiger partial charge in [0.05, 0.1) is 38.0 Å². The molecule has 0 radical (unpaired) electrons. The first-order valence-corrected chi connectivity index (χ1v) is 9.20. The standard InChI is InChI=1S/C20H21N5O4/c1-28-16-5-2-12(10-13(16)11-26)15-4-3-14-18(22-15)23-19(17(21)27)24-20(14)25-6-8-29-9-7-25/h2-5,10,26H,6-9,11H2,1H3,(H2,21,27). The summed E-state index contributed by atoms with van der Waals surface area (Å²) < 4.78 is 10.7. The lowest BCUT2D eigenvalue weighted by atomic mass is 10.1. The summed E-state index contributed by atoms with van der Waals surface area (Å²) in [5, 5.41) is 10.3. The van der Waals surface area contributed by atoms with Gasteiger partial charge in [-0.3, -0.25) is 4.79 Å². The predicted molar refractivity (Wildman–Crippen MR) is 107 cm³/mol. The molecule has 1 aliphatic heterocycles. The van der Waals surface area contributed by atoms with Crippen molar-refractivity contribution in [2.75, 3.05) is 38.3 Å². The number of anilines is 1. The number of benzene rings is 1. The number of rotatable bonds is 5. The van der Waals surface area contributed by atoms with Crippen LogP contribution in [0, 0.1) is 0 Å². The van der Waals surface area contributed by atoms with Gasteiger partial charge in [0.2, 0.25) is 5.82 Å². The largest absolute Gasteiger partial charge is 0.496 e. The van der Waals surface area contributed by atoms with Gasteiger partial charge in [-0.25, -0.2) is 15.0 Å². The Bertz CT molecular complexity index is 1070.